The van der Waals surface area contributed by atoms with Gasteiger partial charge in [0.25, 0.3) is 0 Å². The largest absolute Gasteiger partial charge is 0.381 e. The second kappa shape index (κ2) is 8.11. The van der Waals surface area contributed by atoms with Gasteiger partial charge in [0.2, 0.25) is 0 Å². The number of nitriles is 5. The Labute approximate surface area is 182 Å². The summed E-state index contributed by atoms with van der Waals surface area (Å²) in [4.78, 5) is 0. The van der Waals surface area contributed by atoms with Gasteiger partial charge >= 0.3 is 0 Å². The van der Waals surface area contributed by atoms with E-state index in [9.17, 15) is 26.3 Å². The summed E-state index contributed by atoms with van der Waals surface area (Å²) in [7, 11) is 0. The van der Waals surface area contributed by atoms with E-state index in [-0.39, 0.29) is 17.8 Å². The standard InChI is InChI=1S/C23H13BrN6/c24-19-8-4-7-17(9-19)20-22(13-27,14-28)23(20,15-29)21(18(10-25)11-26)30-12-16-5-2-1-3-6-16/h1-9,20,30H,12H2. The Morgan fingerprint density at radius 3 is 2.10 bits per heavy atom. The molecule has 2 aromatic rings. The van der Waals surface area contributed by atoms with Gasteiger partial charge in [-0.15, -0.1) is 0 Å². The Hall–Kier alpha value is -4.09. The van der Waals surface area contributed by atoms with Crippen molar-refractivity contribution in [1.29, 1.82) is 26.3 Å². The molecule has 30 heavy (non-hydrogen) atoms. The van der Waals surface area contributed by atoms with Crippen molar-refractivity contribution < 1.29 is 0 Å². The summed E-state index contributed by atoms with van der Waals surface area (Å²) in [6.45, 7) is 0.227. The molecular formula is C23H13BrN6. The van der Waals surface area contributed by atoms with Gasteiger partial charge in [0.15, 0.2) is 5.41 Å². The van der Waals surface area contributed by atoms with Crippen LogP contribution in [0.2, 0.25) is 0 Å². The van der Waals surface area contributed by atoms with Crippen molar-refractivity contribution in [2.24, 2.45) is 10.8 Å². The molecule has 2 aromatic carbocycles. The normalized spacial score (nSPS) is 20.2. The van der Waals surface area contributed by atoms with Crippen LogP contribution in [0.5, 0.6) is 0 Å². The monoisotopic (exact) mass is 452 g/mol. The summed E-state index contributed by atoms with van der Waals surface area (Å²) < 4.78 is 0.729. The molecule has 1 N–H and O–H groups in total. The maximum atomic E-state index is 10.2. The van der Waals surface area contributed by atoms with Gasteiger partial charge < -0.3 is 5.32 Å². The number of hydrogen-bond donors (Lipinski definition) is 1. The molecule has 0 aromatic heterocycles. The molecule has 0 radical (unpaired) electrons. The Bertz CT molecular complexity index is 1200. The lowest BCUT2D eigenvalue weighted by atomic mass is 9.89. The van der Waals surface area contributed by atoms with E-state index in [0.29, 0.717) is 5.56 Å². The van der Waals surface area contributed by atoms with Crippen LogP contribution in [0, 0.1) is 67.5 Å². The van der Waals surface area contributed by atoms with Gasteiger partial charge in [-0.2, -0.15) is 26.3 Å². The third-order valence-corrected chi connectivity index (χ3v) is 5.79. The molecule has 1 saturated carbocycles. The van der Waals surface area contributed by atoms with Crippen molar-refractivity contribution in [1.82, 2.24) is 5.32 Å². The number of nitrogens with one attached hydrogen (secondary N) is 1. The van der Waals surface area contributed by atoms with Crippen LogP contribution in [0.3, 0.4) is 0 Å². The first-order chi connectivity index (χ1) is 14.5. The molecule has 2 unspecified atom stereocenters. The molecule has 0 spiro atoms. The number of allylic oxidation sites excluding steroid dienone is 2. The van der Waals surface area contributed by atoms with Gasteiger partial charge in [-0.1, -0.05) is 58.4 Å². The number of rotatable bonds is 5. The number of benzene rings is 2. The van der Waals surface area contributed by atoms with E-state index in [1.165, 1.54) is 0 Å². The van der Waals surface area contributed by atoms with Crippen molar-refractivity contribution in [3.8, 4) is 30.3 Å². The first-order valence-corrected chi connectivity index (χ1v) is 9.66. The average molecular weight is 453 g/mol. The lowest BCUT2D eigenvalue weighted by Crippen LogP contribution is -2.26. The summed E-state index contributed by atoms with van der Waals surface area (Å²) in [6.07, 6.45) is 0. The minimum absolute atomic E-state index is 0.00642. The van der Waals surface area contributed by atoms with Crippen molar-refractivity contribution in [2.45, 2.75) is 12.5 Å². The topological polar surface area (TPSA) is 131 Å². The van der Waals surface area contributed by atoms with E-state index in [2.05, 4.69) is 27.3 Å². The van der Waals surface area contributed by atoms with Gasteiger partial charge in [0.05, 0.1) is 23.9 Å². The van der Waals surface area contributed by atoms with Crippen LogP contribution in [0.15, 0.2) is 70.3 Å². The van der Waals surface area contributed by atoms with Gasteiger partial charge in [0.1, 0.15) is 23.1 Å². The summed E-state index contributed by atoms with van der Waals surface area (Å²) in [5.41, 5.74) is -2.26. The fourth-order valence-corrected chi connectivity index (χ4v) is 4.31. The summed E-state index contributed by atoms with van der Waals surface area (Å²) >= 11 is 3.37. The van der Waals surface area contributed by atoms with Crippen LogP contribution in [0.4, 0.5) is 0 Å². The molecule has 7 heteroatoms. The number of hydrogen-bond acceptors (Lipinski definition) is 6. The number of halogens is 1. The SMILES string of the molecule is N#CC(C#N)=C(NCc1ccccc1)C1(C#N)C(c2cccc(Br)c2)C1(C#N)C#N. The van der Waals surface area contributed by atoms with Crippen LogP contribution in [-0.4, -0.2) is 0 Å². The molecule has 1 aliphatic rings. The van der Waals surface area contributed by atoms with Gasteiger partial charge in [0, 0.05) is 16.9 Å². The Kier molecular flexibility index (Phi) is 5.58. The summed E-state index contributed by atoms with van der Waals surface area (Å²) in [6, 6.07) is 26.0. The van der Waals surface area contributed by atoms with Crippen LogP contribution in [0.1, 0.15) is 17.0 Å². The lowest BCUT2D eigenvalue weighted by molar-refractivity contribution is 0.592. The molecule has 6 nitrogen and oxygen atoms in total. The van der Waals surface area contributed by atoms with E-state index in [0.717, 1.165) is 10.0 Å². The van der Waals surface area contributed by atoms with E-state index in [4.69, 9.17) is 0 Å². The quantitative estimate of drug-likeness (QED) is 0.676. The van der Waals surface area contributed by atoms with Gasteiger partial charge in [-0.05, 0) is 23.3 Å². The zero-order valence-corrected chi connectivity index (χ0v) is 17.2. The minimum atomic E-state index is -1.74. The van der Waals surface area contributed by atoms with Crippen LogP contribution in [0.25, 0.3) is 0 Å². The second-order valence-electron chi connectivity index (χ2n) is 6.75. The maximum absolute atomic E-state index is 10.2. The molecule has 3 rings (SSSR count). The highest BCUT2D eigenvalue weighted by molar-refractivity contribution is 9.10. The Morgan fingerprint density at radius 2 is 1.57 bits per heavy atom. The minimum Gasteiger partial charge on any atom is -0.381 e. The van der Waals surface area contributed by atoms with Crippen molar-refractivity contribution in [3.05, 3.63) is 81.5 Å². The summed E-state index contributed by atoms with van der Waals surface area (Å²) in [5, 5.41) is 52.2. The molecule has 0 heterocycles. The molecular weight excluding hydrogens is 440 g/mol. The Balaban J connectivity index is 2.19. The van der Waals surface area contributed by atoms with Gasteiger partial charge in [-0.25, -0.2) is 0 Å². The highest BCUT2D eigenvalue weighted by atomic mass is 79.9. The van der Waals surface area contributed by atoms with Crippen LogP contribution < -0.4 is 5.32 Å². The number of nitrogens with zero attached hydrogens (tertiary/aromatic N) is 5. The highest BCUT2D eigenvalue weighted by Gasteiger charge is 2.82. The molecule has 0 amide bonds. The van der Waals surface area contributed by atoms with Crippen molar-refractivity contribution in [2.75, 3.05) is 0 Å². The first kappa shape index (κ1) is 20.6. The molecule has 1 fully saturated rings. The third-order valence-electron chi connectivity index (χ3n) is 5.30. The summed E-state index contributed by atoms with van der Waals surface area (Å²) in [5.74, 6) is -0.822. The zero-order valence-electron chi connectivity index (χ0n) is 15.6. The van der Waals surface area contributed by atoms with E-state index in [1.54, 1.807) is 24.3 Å². The highest BCUT2D eigenvalue weighted by Crippen LogP contribution is 2.76. The van der Waals surface area contributed by atoms with Crippen LogP contribution >= 0.6 is 15.9 Å². The fraction of sp³-hybridized carbons (Fsp3) is 0.174. The molecule has 0 aliphatic heterocycles. The van der Waals surface area contributed by atoms with Crippen molar-refractivity contribution >= 4 is 15.9 Å². The predicted octanol–water partition coefficient (Wildman–Crippen LogP) is 4.18. The molecule has 0 bridgehead atoms. The first-order valence-electron chi connectivity index (χ1n) is 8.86. The molecule has 2 atom stereocenters. The van der Waals surface area contributed by atoms with Crippen LogP contribution in [-0.2, 0) is 6.54 Å². The van der Waals surface area contributed by atoms with Crippen molar-refractivity contribution in [3.63, 3.8) is 0 Å². The Morgan fingerprint density at radius 1 is 0.900 bits per heavy atom. The molecule has 142 valence electrons. The molecule has 1 aliphatic carbocycles. The average Bonchev–Trinajstić information content (AvgIpc) is 3.40. The zero-order chi connectivity index (χ0) is 21.8. The lowest BCUT2D eigenvalue weighted by Gasteiger charge is -2.18. The predicted molar refractivity (Wildman–Crippen MR) is 110 cm³/mol. The second-order valence-corrected chi connectivity index (χ2v) is 7.67. The fourth-order valence-electron chi connectivity index (χ4n) is 3.89. The van der Waals surface area contributed by atoms with E-state index >= 15 is 0 Å². The third kappa shape index (κ3) is 2.98. The smallest absolute Gasteiger partial charge is 0.177 e. The molecule has 0 saturated heterocycles. The van der Waals surface area contributed by atoms with E-state index in [1.807, 2.05) is 54.6 Å². The van der Waals surface area contributed by atoms with Gasteiger partial charge in [-0.3, -0.25) is 0 Å². The maximum Gasteiger partial charge on any atom is 0.177 e. The van der Waals surface area contributed by atoms with E-state index < -0.39 is 16.7 Å².